The van der Waals surface area contributed by atoms with E-state index in [0.717, 1.165) is 16.7 Å². The Hall–Kier alpha value is -5.76. The fourth-order valence-corrected chi connectivity index (χ4v) is 7.57. The van der Waals surface area contributed by atoms with Crippen LogP contribution >= 0.6 is 11.6 Å². The largest absolute Gasteiger partial charge is 0.491 e. The van der Waals surface area contributed by atoms with Crippen LogP contribution in [0, 0.1) is 6.92 Å². The van der Waals surface area contributed by atoms with Crippen molar-refractivity contribution in [3.05, 3.63) is 165 Å². The van der Waals surface area contributed by atoms with Crippen molar-refractivity contribution in [1.29, 1.82) is 0 Å². The molecule has 2 heterocycles. The first-order valence-corrected chi connectivity index (χ1v) is 19.7. The molecule has 2 atom stereocenters. The normalized spacial score (nSPS) is 14.4. The van der Waals surface area contributed by atoms with Gasteiger partial charge in [0.2, 0.25) is 5.91 Å². The number of aryl methyl sites for hydroxylation is 1. The topological polar surface area (TPSA) is 173 Å². The summed E-state index contributed by atoms with van der Waals surface area (Å²) in [6.45, 7) is 2.39. The molecule has 0 fully saturated rings. The fraction of sp³-hybridized carbons (Fsp3) is 0.227. The number of hydrogen-bond acceptors (Lipinski definition) is 9. The SMILES string of the molecule is Cc1ccc(C(OC(=O)CCNC(=O)CC[C@H](CNC(=O)c2ccc3c(c2)B(O)OC3)NC(=O)c2ccc3c(c2)B(O)OC3)(c2ccccc2)c2ccccc2Cl)cc1. The van der Waals surface area contributed by atoms with Crippen molar-refractivity contribution in [3.8, 4) is 0 Å². The molecule has 12 nitrogen and oxygen atoms in total. The first-order valence-electron chi connectivity index (χ1n) is 19.3. The maximum Gasteiger partial charge on any atom is 0.491 e. The summed E-state index contributed by atoms with van der Waals surface area (Å²) in [6.07, 6.45) is -0.0695. The average molecular weight is 814 g/mol. The molecule has 0 saturated heterocycles. The fourth-order valence-electron chi connectivity index (χ4n) is 7.30. The number of nitrogens with one attached hydrogen (secondary N) is 3. The van der Waals surface area contributed by atoms with Gasteiger partial charge in [-0.15, -0.1) is 0 Å². The van der Waals surface area contributed by atoms with Gasteiger partial charge in [-0.25, -0.2) is 0 Å². The third kappa shape index (κ3) is 9.43. The molecule has 0 bridgehead atoms. The Morgan fingerprint density at radius 3 is 1.98 bits per heavy atom. The third-order valence-corrected chi connectivity index (χ3v) is 10.8. The van der Waals surface area contributed by atoms with Gasteiger partial charge in [-0.1, -0.05) is 102 Å². The van der Waals surface area contributed by atoms with Crippen molar-refractivity contribution < 1.29 is 43.3 Å². The summed E-state index contributed by atoms with van der Waals surface area (Å²) in [5.41, 5.74) is 4.75. The number of hydrogen-bond donors (Lipinski definition) is 5. The van der Waals surface area contributed by atoms with Gasteiger partial charge in [-0.3, -0.25) is 19.2 Å². The van der Waals surface area contributed by atoms with E-state index in [4.69, 9.17) is 25.6 Å². The summed E-state index contributed by atoms with van der Waals surface area (Å²) in [5.74, 6) is -1.87. The minimum Gasteiger partial charge on any atom is -0.444 e. The lowest BCUT2D eigenvalue weighted by Crippen LogP contribution is -2.45. The molecule has 5 aromatic carbocycles. The van der Waals surface area contributed by atoms with E-state index in [-0.39, 0.29) is 57.0 Å². The van der Waals surface area contributed by atoms with Gasteiger partial charge >= 0.3 is 20.2 Å². The number of carbonyl (C=O) groups is 4. The zero-order chi connectivity index (χ0) is 41.5. The summed E-state index contributed by atoms with van der Waals surface area (Å²) >= 11 is 6.79. The number of carbonyl (C=O) groups excluding carboxylic acids is 4. The minimum absolute atomic E-state index is 0.0276. The monoisotopic (exact) mass is 813 g/mol. The number of amides is 3. The zero-order valence-electron chi connectivity index (χ0n) is 32.3. The molecule has 5 aromatic rings. The summed E-state index contributed by atoms with van der Waals surface area (Å²) in [6, 6.07) is 33.4. The van der Waals surface area contributed by atoms with Gasteiger partial charge in [-0.05, 0) is 65.7 Å². The number of ether oxygens (including phenoxy) is 1. The second-order valence-electron chi connectivity index (χ2n) is 14.5. The molecule has 59 heavy (non-hydrogen) atoms. The van der Waals surface area contributed by atoms with Gasteiger partial charge in [0.1, 0.15) is 0 Å². The van der Waals surface area contributed by atoms with Crippen LogP contribution in [0.15, 0.2) is 115 Å². The van der Waals surface area contributed by atoms with Crippen LogP contribution in [-0.4, -0.2) is 67.1 Å². The first-order chi connectivity index (χ1) is 28.5. The molecule has 2 aliphatic rings. The maximum atomic E-state index is 13.7. The molecule has 3 amide bonds. The van der Waals surface area contributed by atoms with Crippen molar-refractivity contribution in [1.82, 2.24) is 16.0 Å². The van der Waals surface area contributed by atoms with E-state index in [1.54, 1.807) is 42.5 Å². The van der Waals surface area contributed by atoms with Crippen LogP contribution in [0.2, 0.25) is 5.02 Å². The van der Waals surface area contributed by atoms with Gasteiger partial charge in [-0.2, -0.15) is 0 Å². The summed E-state index contributed by atoms with van der Waals surface area (Å²) in [4.78, 5) is 53.6. The molecule has 5 N–H and O–H groups in total. The number of benzene rings is 5. The third-order valence-electron chi connectivity index (χ3n) is 10.5. The Morgan fingerprint density at radius 2 is 1.34 bits per heavy atom. The van der Waals surface area contributed by atoms with E-state index in [2.05, 4.69) is 16.0 Å². The summed E-state index contributed by atoms with van der Waals surface area (Å²) in [5, 5.41) is 29.2. The van der Waals surface area contributed by atoms with Crippen LogP contribution in [0.25, 0.3) is 0 Å². The lowest BCUT2D eigenvalue weighted by atomic mass is 9.78. The van der Waals surface area contributed by atoms with Crippen molar-refractivity contribution in [3.63, 3.8) is 0 Å². The summed E-state index contributed by atoms with van der Waals surface area (Å²) < 4.78 is 16.9. The molecule has 7 rings (SSSR count). The standard InChI is InChI=1S/C44H42B2ClN3O9/c1-28-11-17-34(18-12-28)44(33-7-3-2-4-8-33,36-9-5-6-10-39(36)47)59-41(52)21-22-48-40(51)20-19-35(50-43(54)30-14-16-32-27-58-46(56)38(32)24-30)25-49-42(53)29-13-15-31-26-57-45(55)37(31)23-29/h2-18,23-24,35,55-56H,19-22,25-27H2,1H3,(H,48,51)(H,49,53)(H,50,54)/t35-,44?/m1/s1. The quantitative estimate of drug-likeness (QED) is 0.0604. The lowest BCUT2D eigenvalue weighted by Gasteiger charge is -2.36. The number of rotatable bonds is 15. The van der Waals surface area contributed by atoms with Gasteiger partial charge in [0.25, 0.3) is 11.8 Å². The second-order valence-corrected chi connectivity index (χ2v) is 14.9. The van der Waals surface area contributed by atoms with E-state index in [1.807, 2.05) is 79.7 Å². The Labute approximate surface area is 347 Å². The molecular formula is C44H42B2ClN3O9. The highest BCUT2D eigenvalue weighted by Gasteiger charge is 2.42. The zero-order valence-corrected chi connectivity index (χ0v) is 33.0. The van der Waals surface area contributed by atoms with Gasteiger partial charge in [0, 0.05) is 58.4 Å². The van der Waals surface area contributed by atoms with E-state index in [1.165, 1.54) is 0 Å². The lowest BCUT2D eigenvalue weighted by molar-refractivity contribution is -0.153. The predicted octanol–water partition coefficient (Wildman–Crippen LogP) is 3.43. The van der Waals surface area contributed by atoms with Crippen LogP contribution in [-0.2, 0) is 42.4 Å². The highest BCUT2D eigenvalue weighted by atomic mass is 35.5. The second kappa shape index (κ2) is 18.4. The molecule has 15 heteroatoms. The molecule has 2 aliphatic heterocycles. The van der Waals surface area contributed by atoms with Gasteiger partial charge in [0.05, 0.1) is 19.6 Å². The van der Waals surface area contributed by atoms with Crippen molar-refractivity contribution in [2.24, 2.45) is 0 Å². The Kier molecular flexibility index (Phi) is 12.9. The smallest absolute Gasteiger partial charge is 0.444 e. The molecule has 300 valence electrons. The van der Waals surface area contributed by atoms with Crippen LogP contribution in [0.4, 0.5) is 0 Å². The molecule has 0 saturated carbocycles. The molecular weight excluding hydrogens is 772 g/mol. The van der Waals surface area contributed by atoms with Crippen molar-refractivity contribution in [2.45, 2.75) is 51.0 Å². The van der Waals surface area contributed by atoms with Gasteiger partial charge in [0.15, 0.2) is 5.60 Å². The summed E-state index contributed by atoms with van der Waals surface area (Å²) in [7, 11) is -2.26. The van der Waals surface area contributed by atoms with Crippen molar-refractivity contribution >= 4 is 60.5 Å². The average Bonchev–Trinajstić information content (AvgIpc) is 3.82. The first kappa shape index (κ1) is 41.4. The molecule has 0 spiro atoms. The van der Waals surface area contributed by atoms with E-state index < -0.39 is 43.7 Å². The van der Waals surface area contributed by atoms with Crippen LogP contribution in [0.5, 0.6) is 0 Å². The van der Waals surface area contributed by atoms with Crippen LogP contribution in [0.3, 0.4) is 0 Å². The number of halogens is 1. The maximum absolute atomic E-state index is 13.7. The highest BCUT2D eigenvalue weighted by molar-refractivity contribution is 6.62. The van der Waals surface area contributed by atoms with Crippen LogP contribution in [0.1, 0.15) is 73.4 Å². The predicted molar refractivity (Wildman–Crippen MR) is 223 cm³/mol. The Bertz CT molecular complexity index is 2350. The molecule has 0 radical (unpaired) electrons. The molecule has 0 aromatic heterocycles. The van der Waals surface area contributed by atoms with E-state index in [0.29, 0.717) is 38.2 Å². The van der Waals surface area contributed by atoms with Gasteiger partial charge < -0.3 is 40.0 Å². The van der Waals surface area contributed by atoms with E-state index >= 15 is 0 Å². The van der Waals surface area contributed by atoms with Crippen molar-refractivity contribution in [2.75, 3.05) is 13.1 Å². The highest BCUT2D eigenvalue weighted by Crippen LogP contribution is 2.43. The molecule has 1 unspecified atom stereocenters. The van der Waals surface area contributed by atoms with E-state index in [9.17, 15) is 29.2 Å². The number of esters is 1. The number of fused-ring (bicyclic) bond motifs is 2. The Balaban J connectivity index is 1.01. The minimum atomic E-state index is -1.39. The Morgan fingerprint density at radius 1 is 0.746 bits per heavy atom. The van der Waals surface area contributed by atoms with Crippen LogP contribution < -0.4 is 26.9 Å². The molecule has 0 aliphatic carbocycles.